The van der Waals surface area contributed by atoms with Crippen LogP contribution in [0.25, 0.3) is 0 Å². The van der Waals surface area contributed by atoms with Crippen LogP contribution in [-0.4, -0.2) is 26.3 Å². The van der Waals surface area contributed by atoms with E-state index in [1.165, 1.54) is 0 Å². The van der Waals surface area contributed by atoms with Crippen LogP contribution < -0.4 is 0 Å². The number of methoxy groups -OCH3 is 1. The molecule has 3 heteroatoms. The molecule has 82 valence electrons. The van der Waals surface area contributed by atoms with Gasteiger partial charge in [-0.25, -0.2) is 4.79 Å². The first-order valence-corrected chi connectivity index (χ1v) is 5.03. The van der Waals surface area contributed by atoms with Gasteiger partial charge in [0.15, 0.2) is 0 Å². The zero-order valence-corrected chi connectivity index (χ0v) is 9.16. The van der Waals surface area contributed by atoms with Crippen molar-refractivity contribution in [1.82, 2.24) is 0 Å². The van der Waals surface area contributed by atoms with E-state index in [4.69, 9.17) is 9.47 Å². The van der Waals surface area contributed by atoms with Crippen molar-refractivity contribution in [3.05, 3.63) is 35.4 Å². The first kappa shape index (κ1) is 11.7. The minimum absolute atomic E-state index is 0.260. The fourth-order valence-electron chi connectivity index (χ4n) is 1.36. The molecule has 0 spiro atoms. The molecule has 0 aliphatic carbocycles. The molecule has 0 heterocycles. The maximum Gasteiger partial charge on any atom is 0.338 e. The lowest BCUT2D eigenvalue weighted by molar-refractivity contribution is 0.0524. The minimum atomic E-state index is -0.260. The van der Waals surface area contributed by atoms with E-state index in [-0.39, 0.29) is 5.97 Å². The highest BCUT2D eigenvalue weighted by molar-refractivity contribution is 5.91. The molecule has 0 aliphatic rings. The fraction of sp³-hybridized carbons (Fsp3) is 0.417. The Labute approximate surface area is 90.0 Å². The fourth-order valence-corrected chi connectivity index (χ4v) is 1.36. The summed E-state index contributed by atoms with van der Waals surface area (Å²) in [7, 11) is 1.65. The Kier molecular flexibility index (Phi) is 4.84. The van der Waals surface area contributed by atoms with Gasteiger partial charge in [0.05, 0.1) is 18.8 Å². The molecule has 0 atom stereocenters. The molecule has 0 fully saturated rings. The van der Waals surface area contributed by atoms with E-state index in [0.717, 1.165) is 12.0 Å². The number of benzene rings is 1. The molecule has 0 amide bonds. The van der Waals surface area contributed by atoms with Crippen LogP contribution in [-0.2, 0) is 15.9 Å². The van der Waals surface area contributed by atoms with Gasteiger partial charge in [0.2, 0.25) is 0 Å². The number of esters is 1. The van der Waals surface area contributed by atoms with Gasteiger partial charge in [0, 0.05) is 7.11 Å². The van der Waals surface area contributed by atoms with Crippen molar-refractivity contribution in [2.45, 2.75) is 13.3 Å². The van der Waals surface area contributed by atoms with Gasteiger partial charge in [-0.15, -0.1) is 0 Å². The van der Waals surface area contributed by atoms with Gasteiger partial charge in [-0.1, -0.05) is 18.2 Å². The monoisotopic (exact) mass is 208 g/mol. The second-order valence-electron chi connectivity index (χ2n) is 3.12. The molecule has 0 saturated heterocycles. The molecule has 1 rings (SSSR count). The molecule has 0 N–H and O–H groups in total. The number of carbonyl (C=O) groups excluding carboxylic acids is 1. The van der Waals surface area contributed by atoms with Crippen LogP contribution in [0.1, 0.15) is 22.8 Å². The number of hydrogen-bond acceptors (Lipinski definition) is 3. The molecule has 1 aromatic rings. The zero-order chi connectivity index (χ0) is 11.1. The Hall–Kier alpha value is -1.35. The second-order valence-corrected chi connectivity index (χ2v) is 3.12. The van der Waals surface area contributed by atoms with E-state index in [9.17, 15) is 4.79 Å². The molecular formula is C12H16O3. The third-order valence-electron chi connectivity index (χ3n) is 2.09. The first-order valence-electron chi connectivity index (χ1n) is 5.03. The van der Waals surface area contributed by atoms with Crippen molar-refractivity contribution in [1.29, 1.82) is 0 Å². The quantitative estimate of drug-likeness (QED) is 0.695. The third-order valence-corrected chi connectivity index (χ3v) is 2.09. The molecule has 0 aromatic heterocycles. The highest BCUT2D eigenvalue weighted by Gasteiger charge is 2.10. The van der Waals surface area contributed by atoms with Crippen molar-refractivity contribution in [3.63, 3.8) is 0 Å². The molecular weight excluding hydrogens is 192 g/mol. The van der Waals surface area contributed by atoms with Crippen LogP contribution in [0.4, 0.5) is 0 Å². The average Bonchev–Trinajstić information content (AvgIpc) is 2.27. The molecule has 1 aromatic carbocycles. The molecule has 15 heavy (non-hydrogen) atoms. The van der Waals surface area contributed by atoms with Crippen molar-refractivity contribution in [3.8, 4) is 0 Å². The molecule has 0 unspecified atom stereocenters. The Morgan fingerprint density at radius 1 is 1.33 bits per heavy atom. The van der Waals surface area contributed by atoms with E-state index in [1.807, 2.05) is 18.2 Å². The minimum Gasteiger partial charge on any atom is -0.462 e. The van der Waals surface area contributed by atoms with Crippen molar-refractivity contribution in [2.75, 3.05) is 20.3 Å². The largest absolute Gasteiger partial charge is 0.462 e. The number of rotatable bonds is 5. The highest BCUT2D eigenvalue weighted by atomic mass is 16.5. The van der Waals surface area contributed by atoms with Crippen molar-refractivity contribution in [2.24, 2.45) is 0 Å². The summed E-state index contributed by atoms with van der Waals surface area (Å²) in [5.74, 6) is -0.260. The number of ether oxygens (including phenoxy) is 2. The van der Waals surface area contributed by atoms with E-state index >= 15 is 0 Å². The summed E-state index contributed by atoms with van der Waals surface area (Å²) in [4.78, 5) is 11.6. The topological polar surface area (TPSA) is 35.5 Å². The van der Waals surface area contributed by atoms with Crippen molar-refractivity contribution < 1.29 is 14.3 Å². The first-order chi connectivity index (χ1) is 7.29. The van der Waals surface area contributed by atoms with E-state index < -0.39 is 0 Å². The Bertz CT molecular complexity index is 320. The summed E-state index contributed by atoms with van der Waals surface area (Å²) in [6.45, 7) is 2.81. The van der Waals surface area contributed by atoms with Gasteiger partial charge < -0.3 is 9.47 Å². The molecule has 0 aliphatic heterocycles. The molecule has 0 bridgehead atoms. The van der Waals surface area contributed by atoms with E-state index in [1.54, 1.807) is 20.1 Å². The molecule has 0 saturated carbocycles. The predicted octanol–water partition coefficient (Wildman–Crippen LogP) is 2.05. The second kappa shape index (κ2) is 6.19. The Morgan fingerprint density at radius 3 is 2.73 bits per heavy atom. The predicted molar refractivity (Wildman–Crippen MR) is 58.0 cm³/mol. The van der Waals surface area contributed by atoms with Gasteiger partial charge in [0.25, 0.3) is 0 Å². The number of carbonyl (C=O) groups is 1. The summed E-state index contributed by atoms with van der Waals surface area (Å²) >= 11 is 0. The summed E-state index contributed by atoms with van der Waals surface area (Å²) < 4.78 is 9.96. The van der Waals surface area contributed by atoms with Crippen LogP contribution in [0, 0.1) is 0 Å². The van der Waals surface area contributed by atoms with Crippen LogP contribution in [0.15, 0.2) is 24.3 Å². The summed E-state index contributed by atoms with van der Waals surface area (Å²) in [6, 6.07) is 7.45. The van der Waals surface area contributed by atoms with Crippen LogP contribution in [0.5, 0.6) is 0 Å². The maximum absolute atomic E-state index is 11.6. The van der Waals surface area contributed by atoms with Gasteiger partial charge in [-0.05, 0) is 25.0 Å². The lowest BCUT2D eigenvalue weighted by atomic mass is 10.1. The lowest BCUT2D eigenvalue weighted by Gasteiger charge is -2.07. The maximum atomic E-state index is 11.6. The molecule has 0 radical (unpaired) electrons. The lowest BCUT2D eigenvalue weighted by Crippen LogP contribution is -2.09. The highest BCUT2D eigenvalue weighted by Crippen LogP contribution is 2.11. The Balaban J connectivity index is 2.80. The third kappa shape index (κ3) is 3.36. The summed E-state index contributed by atoms with van der Waals surface area (Å²) in [6.07, 6.45) is 0.728. The van der Waals surface area contributed by atoms with Gasteiger partial charge in [0.1, 0.15) is 0 Å². The van der Waals surface area contributed by atoms with Gasteiger partial charge >= 0.3 is 5.97 Å². The standard InChI is InChI=1S/C12H16O3/c1-3-15-12(13)11-7-5-4-6-10(11)8-9-14-2/h4-7H,3,8-9H2,1-2H3. The summed E-state index contributed by atoms with van der Waals surface area (Å²) in [5, 5.41) is 0. The smallest absolute Gasteiger partial charge is 0.338 e. The Morgan fingerprint density at radius 2 is 2.07 bits per heavy atom. The average molecular weight is 208 g/mol. The summed E-state index contributed by atoms with van der Waals surface area (Å²) in [5.41, 5.74) is 1.61. The van der Waals surface area contributed by atoms with E-state index in [0.29, 0.717) is 18.8 Å². The van der Waals surface area contributed by atoms with E-state index in [2.05, 4.69) is 0 Å². The van der Waals surface area contributed by atoms with Gasteiger partial charge in [-0.3, -0.25) is 0 Å². The SMILES string of the molecule is CCOC(=O)c1ccccc1CCOC. The number of hydrogen-bond donors (Lipinski definition) is 0. The van der Waals surface area contributed by atoms with Crippen molar-refractivity contribution >= 4 is 5.97 Å². The van der Waals surface area contributed by atoms with Crippen LogP contribution in [0.2, 0.25) is 0 Å². The van der Waals surface area contributed by atoms with Crippen LogP contribution in [0.3, 0.4) is 0 Å². The van der Waals surface area contributed by atoms with Crippen LogP contribution >= 0.6 is 0 Å². The zero-order valence-electron chi connectivity index (χ0n) is 9.16. The molecule has 3 nitrogen and oxygen atoms in total. The normalized spacial score (nSPS) is 10.0. The van der Waals surface area contributed by atoms with Gasteiger partial charge in [-0.2, -0.15) is 0 Å².